The maximum atomic E-state index is 9.70. The molecule has 13 heavy (non-hydrogen) atoms. The molecule has 3 N–H and O–H groups in total. The minimum atomic E-state index is -1.48. The Hall–Kier alpha value is -0.200. The predicted octanol–water partition coefficient (Wildman–Crippen LogP) is -0.900. The van der Waals surface area contributed by atoms with Gasteiger partial charge in [0.2, 0.25) is 0 Å². The van der Waals surface area contributed by atoms with Crippen LogP contribution in [0.15, 0.2) is 0 Å². The molecule has 5 heteroatoms. The lowest BCUT2D eigenvalue weighted by atomic mass is 10.00. The largest absolute Gasteiger partial charge is 0.394 e. The minimum absolute atomic E-state index is 0.0569. The van der Waals surface area contributed by atoms with Crippen molar-refractivity contribution in [3.63, 3.8) is 0 Å². The number of methoxy groups -OCH3 is 1. The van der Waals surface area contributed by atoms with E-state index in [0.717, 1.165) is 0 Å². The fraction of sp³-hybridized carbons (Fsp3) is 1.00. The van der Waals surface area contributed by atoms with Gasteiger partial charge in [0.15, 0.2) is 6.29 Å². The first-order chi connectivity index (χ1) is 5.96. The highest BCUT2D eigenvalue weighted by molar-refractivity contribution is 4.82. The summed E-state index contributed by atoms with van der Waals surface area (Å²) in [5.74, 6) is 0. The molecule has 0 aromatic carbocycles. The lowest BCUT2D eigenvalue weighted by molar-refractivity contribution is -0.248. The lowest BCUT2D eigenvalue weighted by Gasteiger charge is -2.33. The van der Waals surface area contributed by atoms with Gasteiger partial charge in [-0.25, -0.2) is 0 Å². The average molecular weight is 194 g/mol. The normalized spacial score (nSPS) is 20.8. The molecule has 1 unspecified atom stereocenters. The summed E-state index contributed by atoms with van der Waals surface area (Å²) >= 11 is 0. The van der Waals surface area contributed by atoms with Crippen LogP contribution in [0.4, 0.5) is 0 Å². The fourth-order valence-electron chi connectivity index (χ4n) is 0.832. The van der Waals surface area contributed by atoms with Crippen LogP contribution in [0.3, 0.4) is 0 Å². The van der Waals surface area contributed by atoms with E-state index in [0.29, 0.717) is 0 Å². The van der Waals surface area contributed by atoms with Gasteiger partial charge in [-0.05, 0) is 13.8 Å². The Morgan fingerprint density at radius 2 is 2.00 bits per heavy atom. The molecule has 0 rings (SSSR count). The van der Waals surface area contributed by atoms with Gasteiger partial charge in [-0.3, -0.25) is 0 Å². The number of hydrogen-bond donors (Lipinski definition) is 3. The summed E-state index contributed by atoms with van der Waals surface area (Å²) in [6.45, 7) is 2.74. The second kappa shape index (κ2) is 5.51. The van der Waals surface area contributed by atoms with Crippen molar-refractivity contribution in [1.29, 1.82) is 0 Å². The van der Waals surface area contributed by atoms with Crippen molar-refractivity contribution in [2.24, 2.45) is 0 Å². The van der Waals surface area contributed by atoms with E-state index in [2.05, 4.69) is 0 Å². The van der Waals surface area contributed by atoms with E-state index in [9.17, 15) is 10.2 Å². The molecule has 0 saturated heterocycles. The van der Waals surface area contributed by atoms with E-state index in [1.807, 2.05) is 0 Å². The zero-order valence-electron chi connectivity index (χ0n) is 8.23. The third kappa shape index (κ3) is 3.58. The molecule has 0 heterocycles. The van der Waals surface area contributed by atoms with Gasteiger partial charge in [-0.15, -0.1) is 0 Å². The molecule has 3 atom stereocenters. The van der Waals surface area contributed by atoms with Crippen LogP contribution in [-0.2, 0) is 9.47 Å². The Morgan fingerprint density at radius 3 is 2.31 bits per heavy atom. The van der Waals surface area contributed by atoms with Crippen molar-refractivity contribution in [1.82, 2.24) is 0 Å². The van der Waals surface area contributed by atoms with Crippen LogP contribution in [0, 0.1) is 0 Å². The van der Waals surface area contributed by atoms with Gasteiger partial charge in [0.1, 0.15) is 5.60 Å². The summed E-state index contributed by atoms with van der Waals surface area (Å²) in [5, 5.41) is 27.4. The number of ether oxygens (including phenoxy) is 2. The van der Waals surface area contributed by atoms with Gasteiger partial charge >= 0.3 is 0 Å². The Morgan fingerprint density at radius 1 is 1.46 bits per heavy atom. The molecule has 0 aliphatic heterocycles. The summed E-state index contributed by atoms with van der Waals surface area (Å²) < 4.78 is 9.82. The Bertz CT molecular complexity index is 134. The van der Waals surface area contributed by atoms with Crippen LogP contribution in [0.1, 0.15) is 13.8 Å². The van der Waals surface area contributed by atoms with E-state index < -0.39 is 18.0 Å². The van der Waals surface area contributed by atoms with Crippen LogP contribution in [0.25, 0.3) is 0 Å². The van der Waals surface area contributed by atoms with Crippen molar-refractivity contribution >= 4 is 0 Å². The number of hydrogen-bond acceptors (Lipinski definition) is 5. The Balaban J connectivity index is 4.19. The molecule has 0 radical (unpaired) electrons. The number of rotatable bonds is 6. The quantitative estimate of drug-likeness (QED) is 0.477. The molecule has 0 bridgehead atoms. The summed E-state index contributed by atoms with van der Waals surface area (Å²) in [5.41, 5.74) is -1.48. The highest BCUT2D eigenvalue weighted by atomic mass is 16.7. The summed E-state index contributed by atoms with van der Waals surface area (Å²) in [4.78, 5) is 0. The molecular formula is C8H18O5. The molecule has 0 aromatic heterocycles. The molecule has 0 aromatic rings. The lowest BCUT2D eigenvalue weighted by Crippen LogP contribution is -2.50. The predicted molar refractivity (Wildman–Crippen MR) is 46.1 cm³/mol. The zero-order valence-corrected chi connectivity index (χ0v) is 8.23. The van der Waals surface area contributed by atoms with Crippen LogP contribution in [0.5, 0.6) is 0 Å². The third-order valence-electron chi connectivity index (χ3n) is 1.90. The summed E-state index contributed by atoms with van der Waals surface area (Å²) in [6, 6.07) is 0. The second-order valence-electron chi connectivity index (χ2n) is 3.06. The molecule has 0 fully saturated rings. The van der Waals surface area contributed by atoms with Crippen LogP contribution in [0.2, 0.25) is 0 Å². The zero-order chi connectivity index (χ0) is 10.5. The first kappa shape index (κ1) is 12.8. The Kier molecular flexibility index (Phi) is 5.43. The molecule has 80 valence electrons. The smallest absolute Gasteiger partial charge is 0.188 e. The fourth-order valence-corrected chi connectivity index (χ4v) is 0.832. The molecule has 0 amide bonds. The van der Waals surface area contributed by atoms with E-state index in [4.69, 9.17) is 14.6 Å². The SMILES string of the molecule is COC(OCCO)[C@](C)(O)[C@@H](C)O. The van der Waals surface area contributed by atoms with Gasteiger partial charge in [0, 0.05) is 7.11 Å². The van der Waals surface area contributed by atoms with Gasteiger partial charge in [-0.1, -0.05) is 0 Å². The molecule has 0 saturated carbocycles. The molecule has 0 spiro atoms. The monoisotopic (exact) mass is 194 g/mol. The second-order valence-corrected chi connectivity index (χ2v) is 3.06. The molecule has 0 aliphatic rings. The average Bonchev–Trinajstić information content (AvgIpc) is 2.05. The number of aliphatic hydroxyl groups excluding tert-OH is 2. The van der Waals surface area contributed by atoms with Gasteiger partial charge in [0.05, 0.1) is 19.3 Å². The highest BCUT2D eigenvalue weighted by Crippen LogP contribution is 2.18. The molecule has 5 nitrogen and oxygen atoms in total. The number of aliphatic hydroxyl groups is 3. The van der Waals surface area contributed by atoms with E-state index in [1.54, 1.807) is 0 Å². The maximum Gasteiger partial charge on any atom is 0.188 e. The van der Waals surface area contributed by atoms with Crippen molar-refractivity contribution in [3.05, 3.63) is 0 Å². The van der Waals surface area contributed by atoms with Gasteiger partial charge in [0.25, 0.3) is 0 Å². The van der Waals surface area contributed by atoms with Crippen LogP contribution >= 0.6 is 0 Å². The summed E-state index contributed by atoms with van der Waals surface area (Å²) in [7, 11) is 1.36. The van der Waals surface area contributed by atoms with Crippen LogP contribution in [-0.4, -0.2) is 53.6 Å². The van der Waals surface area contributed by atoms with Gasteiger partial charge < -0.3 is 24.8 Å². The first-order valence-electron chi connectivity index (χ1n) is 4.12. The van der Waals surface area contributed by atoms with E-state index in [1.165, 1.54) is 21.0 Å². The van der Waals surface area contributed by atoms with Crippen molar-refractivity contribution in [3.8, 4) is 0 Å². The molecular weight excluding hydrogens is 176 g/mol. The standard InChI is InChI=1S/C8H18O5/c1-6(10)8(2,11)7(12-3)13-5-4-9/h6-7,9-11H,4-5H2,1-3H3/t6-,7?,8-/m1/s1. The van der Waals surface area contributed by atoms with Crippen molar-refractivity contribution in [2.45, 2.75) is 31.8 Å². The van der Waals surface area contributed by atoms with Gasteiger partial charge in [-0.2, -0.15) is 0 Å². The maximum absolute atomic E-state index is 9.70. The van der Waals surface area contributed by atoms with Crippen LogP contribution < -0.4 is 0 Å². The minimum Gasteiger partial charge on any atom is -0.394 e. The first-order valence-corrected chi connectivity index (χ1v) is 4.12. The topological polar surface area (TPSA) is 79.2 Å². The Labute approximate surface area is 77.9 Å². The third-order valence-corrected chi connectivity index (χ3v) is 1.90. The molecule has 0 aliphatic carbocycles. The van der Waals surface area contributed by atoms with E-state index in [-0.39, 0.29) is 13.2 Å². The summed E-state index contributed by atoms with van der Waals surface area (Å²) in [6.07, 6.45) is -1.92. The van der Waals surface area contributed by atoms with Crippen molar-refractivity contribution < 1.29 is 24.8 Å². The highest BCUT2D eigenvalue weighted by Gasteiger charge is 2.37. The van der Waals surface area contributed by atoms with Crippen molar-refractivity contribution in [2.75, 3.05) is 20.3 Å². The van der Waals surface area contributed by atoms with E-state index >= 15 is 0 Å².